The number of sulfonamides is 1. The summed E-state index contributed by atoms with van der Waals surface area (Å²) in [5.74, 6) is -1.48. The van der Waals surface area contributed by atoms with Crippen molar-refractivity contribution in [1.82, 2.24) is 14.1 Å². The first-order chi connectivity index (χ1) is 18.0. The van der Waals surface area contributed by atoms with E-state index in [2.05, 4.69) is 10.4 Å². The average molecular weight is 543 g/mol. The van der Waals surface area contributed by atoms with E-state index in [4.69, 9.17) is 9.47 Å². The van der Waals surface area contributed by atoms with E-state index >= 15 is 0 Å². The highest BCUT2D eigenvalue weighted by molar-refractivity contribution is 7.89. The lowest BCUT2D eigenvalue weighted by Gasteiger charge is -2.27. The minimum atomic E-state index is -4.06. The molecule has 2 N–H and O–H groups in total. The predicted molar refractivity (Wildman–Crippen MR) is 140 cm³/mol. The van der Waals surface area contributed by atoms with Crippen molar-refractivity contribution >= 4 is 27.6 Å². The van der Waals surface area contributed by atoms with Gasteiger partial charge in [0.25, 0.3) is 0 Å². The molecule has 0 atom stereocenters. The van der Waals surface area contributed by atoms with Crippen LogP contribution in [0.4, 0.5) is 5.69 Å². The molecule has 0 radical (unpaired) electrons. The third-order valence-corrected chi connectivity index (χ3v) is 8.13. The van der Waals surface area contributed by atoms with Crippen LogP contribution in [0, 0.1) is 20.8 Å². The first-order valence-corrected chi connectivity index (χ1v) is 13.6. The van der Waals surface area contributed by atoms with Gasteiger partial charge >= 0.3 is 5.97 Å². The van der Waals surface area contributed by atoms with E-state index < -0.39 is 16.0 Å². The van der Waals surface area contributed by atoms with E-state index in [0.29, 0.717) is 11.4 Å². The number of carbonyl (C=O) groups is 2. The zero-order valence-corrected chi connectivity index (χ0v) is 22.5. The molecule has 0 bridgehead atoms. The maximum atomic E-state index is 13.7. The Morgan fingerprint density at radius 1 is 1.11 bits per heavy atom. The number of aromatic nitrogens is 2. The molecule has 0 saturated carbocycles. The number of benzene rings is 2. The van der Waals surface area contributed by atoms with Gasteiger partial charge in [-0.05, 0) is 56.2 Å². The summed E-state index contributed by atoms with van der Waals surface area (Å²) in [4.78, 5) is 23.8. The Morgan fingerprint density at radius 3 is 2.47 bits per heavy atom. The zero-order valence-electron chi connectivity index (χ0n) is 21.6. The minimum Gasteiger partial charge on any atom is -0.476 e. The molecule has 0 aliphatic carbocycles. The molecule has 0 unspecified atom stereocenters. The smallest absolute Gasteiger partial charge is 0.356 e. The number of aromatic carboxylic acids is 1. The van der Waals surface area contributed by atoms with Crippen molar-refractivity contribution in [2.24, 2.45) is 0 Å². The second-order valence-electron chi connectivity index (χ2n) is 8.97. The molecule has 1 aliphatic heterocycles. The number of hydrogen-bond acceptors (Lipinski definition) is 7. The van der Waals surface area contributed by atoms with E-state index in [9.17, 15) is 23.1 Å². The minimum absolute atomic E-state index is 0.0301. The third kappa shape index (κ3) is 5.42. The summed E-state index contributed by atoms with van der Waals surface area (Å²) < 4.78 is 41.6. The summed E-state index contributed by atoms with van der Waals surface area (Å²) in [5, 5.41) is 16.7. The molecule has 12 heteroatoms. The first kappa shape index (κ1) is 27.3. The molecule has 1 fully saturated rings. The zero-order chi connectivity index (χ0) is 27.6. The number of carboxylic acid groups (broad SMARTS) is 1. The van der Waals surface area contributed by atoms with E-state index in [0.717, 1.165) is 11.1 Å². The molecule has 3 aromatic rings. The fourth-order valence-electron chi connectivity index (χ4n) is 4.07. The predicted octanol–water partition coefficient (Wildman–Crippen LogP) is 3.66. The van der Waals surface area contributed by atoms with Crippen LogP contribution >= 0.6 is 0 Å². The van der Waals surface area contributed by atoms with Crippen molar-refractivity contribution < 1.29 is 32.6 Å². The van der Waals surface area contributed by atoms with Crippen LogP contribution in [0.25, 0.3) is 5.69 Å². The number of carbonyl (C=O) groups excluding carboxylic acids is 1. The number of aryl methyl sites for hydroxylation is 2. The largest absolute Gasteiger partial charge is 0.476 e. The van der Waals surface area contributed by atoms with E-state index in [1.54, 1.807) is 13.8 Å². The lowest BCUT2D eigenvalue weighted by Crippen LogP contribution is -2.40. The van der Waals surface area contributed by atoms with Crippen molar-refractivity contribution in [3.8, 4) is 17.3 Å². The van der Waals surface area contributed by atoms with Crippen LogP contribution in [-0.4, -0.2) is 65.8 Å². The van der Waals surface area contributed by atoms with Crippen molar-refractivity contribution in [2.45, 2.75) is 39.0 Å². The topological polar surface area (TPSA) is 140 Å². The second kappa shape index (κ2) is 10.9. The molecule has 1 aromatic heterocycles. The van der Waals surface area contributed by atoms with Crippen molar-refractivity contribution in [3.63, 3.8) is 0 Å². The molecule has 202 valence electrons. The molecular formula is C26H30N4O7S. The highest BCUT2D eigenvalue weighted by Gasteiger charge is 2.31. The van der Waals surface area contributed by atoms with Gasteiger partial charge in [-0.25, -0.2) is 13.2 Å². The molecule has 38 heavy (non-hydrogen) atoms. The molecule has 4 rings (SSSR count). The standard InChI is InChI=1S/C26H30N4O7S/c1-5-23(31)27-19-8-9-21(22(15-19)38(34,35)29-10-12-36-13-11-29)37-25-18(4)24(26(32)33)28-30(25)20-14-16(2)6-7-17(20)3/h6-9,14-15H,5,10-13H2,1-4H3,(H,27,31)(H,32,33). The quantitative estimate of drug-likeness (QED) is 0.440. The number of hydrogen-bond donors (Lipinski definition) is 2. The Labute approximate surface area is 221 Å². The molecule has 2 aromatic carbocycles. The Bertz CT molecular complexity index is 1490. The van der Waals surface area contributed by atoms with Crippen LogP contribution < -0.4 is 10.1 Å². The molecule has 1 aliphatic rings. The van der Waals surface area contributed by atoms with Crippen molar-refractivity contribution in [2.75, 3.05) is 31.6 Å². The Balaban J connectivity index is 1.88. The maximum Gasteiger partial charge on any atom is 0.356 e. The van der Waals surface area contributed by atoms with Gasteiger partial charge in [0.2, 0.25) is 21.8 Å². The summed E-state index contributed by atoms with van der Waals surface area (Å²) in [7, 11) is -4.06. The van der Waals surface area contributed by atoms with Crippen LogP contribution in [-0.2, 0) is 19.6 Å². The third-order valence-electron chi connectivity index (χ3n) is 6.21. The van der Waals surface area contributed by atoms with E-state index in [1.807, 2.05) is 32.0 Å². The monoisotopic (exact) mass is 542 g/mol. The fraction of sp³-hybridized carbons (Fsp3) is 0.346. The van der Waals surface area contributed by atoms with Gasteiger partial charge in [-0.2, -0.15) is 14.1 Å². The van der Waals surface area contributed by atoms with Gasteiger partial charge in [-0.15, -0.1) is 0 Å². The van der Waals surface area contributed by atoms with Gasteiger partial charge in [0.05, 0.1) is 18.9 Å². The average Bonchev–Trinajstić information content (AvgIpc) is 3.22. The lowest BCUT2D eigenvalue weighted by molar-refractivity contribution is -0.115. The number of anilines is 1. The number of nitrogens with zero attached hydrogens (tertiary/aromatic N) is 3. The van der Waals surface area contributed by atoms with Gasteiger partial charge in [0.1, 0.15) is 10.6 Å². The normalized spacial score (nSPS) is 14.3. The number of ether oxygens (including phenoxy) is 2. The molecule has 2 heterocycles. The highest BCUT2D eigenvalue weighted by atomic mass is 32.2. The summed E-state index contributed by atoms with van der Waals surface area (Å²) in [5.41, 5.74) is 2.65. The maximum absolute atomic E-state index is 13.7. The lowest BCUT2D eigenvalue weighted by atomic mass is 10.1. The van der Waals surface area contributed by atoms with E-state index in [1.165, 1.54) is 27.2 Å². The molecule has 11 nitrogen and oxygen atoms in total. The highest BCUT2D eigenvalue weighted by Crippen LogP contribution is 2.37. The fourth-order valence-corrected chi connectivity index (χ4v) is 5.61. The molecule has 0 spiro atoms. The number of morpholine rings is 1. The second-order valence-corrected chi connectivity index (χ2v) is 10.9. The van der Waals surface area contributed by atoms with Crippen LogP contribution in [0.2, 0.25) is 0 Å². The van der Waals surface area contributed by atoms with Crippen LogP contribution in [0.5, 0.6) is 11.6 Å². The molecule has 1 amide bonds. The van der Waals surface area contributed by atoms with Crippen LogP contribution in [0.15, 0.2) is 41.3 Å². The summed E-state index contributed by atoms with van der Waals surface area (Å²) in [6.07, 6.45) is 0.218. The molecular weight excluding hydrogens is 512 g/mol. The van der Waals surface area contributed by atoms with Gasteiger partial charge in [-0.3, -0.25) is 4.79 Å². The number of amides is 1. The Hall–Kier alpha value is -3.74. The van der Waals surface area contributed by atoms with Crippen LogP contribution in [0.3, 0.4) is 0 Å². The Morgan fingerprint density at radius 2 is 1.82 bits per heavy atom. The van der Waals surface area contributed by atoms with Gasteiger partial charge in [0.15, 0.2) is 5.69 Å². The first-order valence-electron chi connectivity index (χ1n) is 12.1. The molecule has 1 saturated heterocycles. The van der Waals surface area contributed by atoms with E-state index in [-0.39, 0.29) is 66.4 Å². The van der Waals surface area contributed by atoms with Crippen LogP contribution in [0.1, 0.15) is 40.5 Å². The SMILES string of the molecule is CCC(=O)Nc1ccc(Oc2c(C)c(C(=O)O)nn2-c2cc(C)ccc2C)c(S(=O)(=O)N2CCOCC2)c1. The number of nitrogens with one attached hydrogen (secondary N) is 1. The number of rotatable bonds is 8. The summed E-state index contributed by atoms with van der Waals surface area (Å²) in [6, 6.07) is 9.97. The van der Waals surface area contributed by atoms with Gasteiger partial charge in [-0.1, -0.05) is 19.1 Å². The Kier molecular flexibility index (Phi) is 7.86. The van der Waals surface area contributed by atoms with Crippen molar-refractivity contribution in [3.05, 3.63) is 58.8 Å². The van der Waals surface area contributed by atoms with Gasteiger partial charge < -0.3 is 19.9 Å². The summed E-state index contributed by atoms with van der Waals surface area (Å²) >= 11 is 0. The number of carboxylic acids is 1. The summed E-state index contributed by atoms with van der Waals surface area (Å²) in [6.45, 7) is 7.83. The van der Waals surface area contributed by atoms with Gasteiger partial charge in [0, 0.05) is 30.8 Å². The van der Waals surface area contributed by atoms with Crippen molar-refractivity contribution in [1.29, 1.82) is 0 Å².